The number of benzene rings is 2. The zero-order chi connectivity index (χ0) is 19.1. The largest absolute Gasteiger partial charge is 0.331 e. The van der Waals surface area contributed by atoms with Gasteiger partial charge in [-0.15, -0.1) is 0 Å². The molecular weight excluding hydrogens is 360 g/mol. The molecule has 0 radical (unpaired) electrons. The molecule has 2 amide bonds. The van der Waals surface area contributed by atoms with Crippen LogP contribution in [0.1, 0.15) is 44.1 Å². The minimum Gasteiger partial charge on any atom is -0.317 e. The third-order valence-corrected chi connectivity index (χ3v) is 6.33. The molecule has 0 heterocycles. The number of carbonyl (C=O) groups excluding carboxylic acids is 1. The topological polar surface area (TPSA) is 66.5 Å². The van der Waals surface area contributed by atoms with Gasteiger partial charge in [-0.05, 0) is 30.5 Å². The number of hydrogen-bond acceptors (Lipinski definition) is 3. The average Bonchev–Trinajstić information content (AvgIpc) is 2.96. The maximum atomic E-state index is 13.0. The van der Waals surface area contributed by atoms with Gasteiger partial charge in [-0.3, -0.25) is 0 Å². The second-order valence-corrected chi connectivity index (χ2v) is 8.66. The van der Waals surface area contributed by atoms with Crippen LogP contribution < -0.4 is 4.72 Å². The Labute approximate surface area is 161 Å². The van der Waals surface area contributed by atoms with E-state index in [0.717, 1.165) is 31.2 Å². The molecule has 1 fully saturated rings. The summed E-state index contributed by atoms with van der Waals surface area (Å²) in [7, 11) is -3.89. The smallest absolute Gasteiger partial charge is 0.317 e. The SMILES string of the molecule is O=C(NS(=O)(=O)c1ccccc1)N(Cc1ccccc1)C1CCCCCC1. The first-order valence-electron chi connectivity index (χ1n) is 9.49. The molecular formula is C21H26N2O3S. The summed E-state index contributed by atoms with van der Waals surface area (Å²) in [5, 5.41) is 0. The van der Waals surface area contributed by atoms with Crippen LogP contribution >= 0.6 is 0 Å². The van der Waals surface area contributed by atoms with Crippen molar-refractivity contribution in [2.24, 2.45) is 0 Å². The fourth-order valence-corrected chi connectivity index (χ4v) is 4.53. The molecule has 144 valence electrons. The van der Waals surface area contributed by atoms with E-state index in [1.165, 1.54) is 25.0 Å². The van der Waals surface area contributed by atoms with Gasteiger partial charge in [0.15, 0.2) is 0 Å². The molecule has 6 heteroatoms. The summed E-state index contributed by atoms with van der Waals surface area (Å²) in [6.45, 7) is 0.404. The van der Waals surface area contributed by atoms with E-state index < -0.39 is 16.1 Å². The summed E-state index contributed by atoms with van der Waals surface area (Å²) in [6, 6.07) is 17.2. The zero-order valence-corrected chi connectivity index (χ0v) is 16.2. The van der Waals surface area contributed by atoms with Gasteiger partial charge in [-0.1, -0.05) is 74.2 Å². The number of hydrogen-bond donors (Lipinski definition) is 1. The molecule has 3 rings (SSSR count). The molecule has 0 aliphatic heterocycles. The van der Waals surface area contributed by atoms with Crippen LogP contribution in [0.2, 0.25) is 0 Å². The van der Waals surface area contributed by atoms with E-state index in [9.17, 15) is 13.2 Å². The first kappa shape index (κ1) is 19.4. The van der Waals surface area contributed by atoms with E-state index >= 15 is 0 Å². The molecule has 1 saturated carbocycles. The van der Waals surface area contributed by atoms with E-state index in [1.54, 1.807) is 23.1 Å². The number of nitrogens with one attached hydrogen (secondary N) is 1. The maximum Gasteiger partial charge on any atom is 0.331 e. The van der Waals surface area contributed by atoms with Crippen LogP contribution in [0, 0.1) is 0 Å². The summed E-state index contributed by atoms with van der Waals surface area (Å²) in [4.78, 5) is 14.8. The summed E-state index contributed by atoms with van der Waals surface area (Å²) in [6.07, 6.45) is 6.28. The Morgan fingerprint density at radius 2 is 1.44 bits per heavy atom. The molecule has 2 aromatic carbocycles. The molecule has 1 aliphatic carbocycles. The van der Waals surface area contributed by atoms with E-state index in [2.05, 4.69) is 4.72 Å². The fraction of sp³-hybridized carbons (Fsp3) is 0.381. The van der Waals surface area contributed by atoms with Crippen molar-refractivity contribution in [1.82, 2.24) is 9.62 Å². The molecule has 5 nitrogen and oxygen atoms in total. The summed E-state index contributed by atoms with van der Waals surface area (Å²) < 4.78 is 27.5. The highest BCUT2D eigenvalue weighted by atomic mass is 32.2. The van der Waals surface area contributed by atoms with Crippen molar-refractivity contribution in [3.8, 4) is 0 Å². The van der Waals surface area contributed by atoms with Crippen molar-refractivity contribution in [2.75, 3.05) is 0 Å². The first-order chi connectivity index (χ1) is 13.1. The highest BCUT2D eigenvalue weighted by Gasteiger charge is 2.28. The van der Waals surface area contributed by atoms with Gasteiger partial charge in [-0.25, -0.2) is 17.9 Å². The molecule has 0 spiro atoms. The Morgan fingerprint density at radius 1 is 0.889 bits per heavy atom. The van der Waals surface area contributed by atoms with E-state index in [0.29, 0.717) is 6.54 Å². The van der Waals surface area contributed by atoms with Crippen molar-refractivity contribution >= 4 is 16.1 Å². The number of carbonyl (C=O) groups is 1. The standard InChI is InChI=1S/C21H26N2O3S/c24-21(22-27(25,26)20-15-9-4-10-16-20)23(17-18-11-5-3-6-12-18)19-13-7-1-2-8-14-19/h3-6,9-12,15-16,19H,1-2,7-8,13-14,17H2,(H,22,24). The van der Waals surface area contributed by atoms with E-state index in [-0.39, 0.29) is 10.9 Å². The fourth-order valence-electron chi connectivity index (χ4n) is 3.55. The van der Waals surface area contributed by atoms with Crippen LogP contribution in [-0.4, -0.2) is 25.4 Å². The minimum absolute atomic E-state index is 0.0543. The number of sulfonamides is 1. The number of nitrogens with zero attached hydrogens (tertiary/aromatic N) is 1. The minimum atomic E-state index is -3.89. The van der Waals surface area contributed by atoms with Gasteiger partial charge in [0.25, 0.3) is 10.0 Å². The lowest BCUT2D eigenvalue weighted by Crippen LogP contribution is -2.47. The normalized spacial score (nSPS) is 15.7. The van der Waals surface area contributed by atoms with Crippen LogP contribution in [0.25, 0.3) is 0 Å². The highest BCUT2D eigenvalue weighted by Crippen LogP contribution is 2.24. The van der Waals surface area contributed by atoms with Crippen LogP contribution in [0.3, 0.4) is 0 Å². The Hall–Kier alpha value is -2.34. The lowest BCUT2D eigenvalue weighted by Gasteiger charge is -2.31. The predicted octanol–water partition coefficient (Wildman–Crippen LogP) is 4.31. The van der Waals surface area contributed by atoms with Crippen molar-refractivity contribution in [2.45, 2.75) is 56.0 Å². The van der Waals surface area contributed by atoms with Crippen molar-refractivity contribution in [1.29, 1.82) is 0 Å². The molecule has 1 aliphatic rings. The van der Waals surface area contributed by atoms with Gasteiger partial charge in [-0.2, -0.15) is 0 Å². The molecule has 27 heavy (non-hydrogen) atoms. The molecule has 0 unspecified atom stereocenters. The van der Waals surface area contributed by atoms with Gasteiger partial charge in [0.2, 0.25) is 0 Å². The summed E-state index contributed by atoms with van der Waals surface area (Å²) in [5.74, 6) is 0. The Balaban J connectivity index is 1.81. The third kappa shape index (κ3) is 5.32. The van der Waals surface area contributed by atoms with Crippen molar-refractivity contribution in [3.05, 3.63) is 66.2 Å². The highest BCUT2D eigenvalue weighted by molar-refractivity contribution is 7.90. The summed E-state index contributed by atoms with van der Waals surface area (Å²) >= 11 is 0. The molecule has 2 aromatic rings. The van der Waals surface area contributed by atoms with Gasteiger partial charge in [0.1, 0.15) is 0 Å². The maximum absolute atomic E-state index is 13.0. The number of rotatable bonds is 5. The van der Waals surface area contributed by atoms with E-state index in [1.807, 2.05) is 30.3 Å². The first-order valence-corrected chi connectivity index (χ1v) is 11.0. The number of amides is 2. The molecule has 0 saturated heterocycles. The predicted molar refractivity (Wildman–Crippen MR) is 106 cm³/mol. The number of urea groups is 1. The third-order valence-electron chi connectivity index (χ3n) is 5.00. The second-order valence-electron chi connectivity index (χ2n) is 6.98. The molecule has 0 atom stereocenters. The monoisotopic (exact) mass is 386 g/mol. The van der Waals surface area contributed by atoms with Crippen LogP contribution in [0.5, 0.6) is 0 Å². The average molecular weight is 387 g/mol. The molecule has 0 aromatic heterocycles. The lowest BCUT2D eigenvalue weighted by atomic mass is 10.1. The Kier molecular flexibility index (Phi) is 6.50. The quantitative estimate of drug-likeness (QED) is 0.779. The summed E-state index contributed by atoms with van der Waals surface area (Å²) in [5.41, 5.74) is 0.994. The molecule has 0 bridgehead atoms. The molecule has 1 N–H and O–H groups in total. The van der Waals surface area contributed by atoms with Gasteiger partial charge in [0, 0.05) is 12.6 Å². The van der Waals surface area contributed by atoms with Crippen LogP contribution in [0.4, 0.5) is 4.79 Å². The van der Waals surface area contributed by atoms with Gasteiger partial charge < -0.3 is 4.90 Å². The second kappa shape index (κ2) is 9.04. The van der Waals surface area contributed by atoms with Crippen molar-refractivity contribution < 1.29 is 13.2 Å². The van der Waals surface area contributed by atoms with Gasteiger partial charge in [0.05, 0.1) is 4.90 Å². The van der Waals surface area contributed by atoms with E-state index in [4.69, 9.17) is 0 Å². The van der Waals surface area contributed by atoms with Gasteiger partial charge >= 0.3 is 6.03 Å². The lowest BCUT2D eigenvalue weighted by molar-refractivity contribution is 0.168. The van der Waals surface area contributed by atoms with Crippen LogP contribution in [0.15, 0.2) is 65.6 Å². The zero-order valence-electron chi connectivity index (χ0n) is 15.4. The van der Waals surface area contributed by atoms with Crippen molar-refractivity contribution in [3.63, 3.8) is 0 Å². The Morgan fingerprint density at radius 3 is 2.04 bits per heavy atom. The Bertz CT molecular complexity index is 830. The van der Waals surface area contributed by atoms with Crippen LogP contribution in [-0.2, 0) is 16.6 Å².